The van der Waals surface area contributed by atoms with Gasteiger partial charge in [0.2, 0.25) is 0 Å². The summed E-state index contributed by atoms with van der Waals surface area (Å²) in [5.41, 5.74) is 1.20. The highest BCUT2D eigenvalue weighted by Crippen LogP contribution is 2.34. The highest BCUT2D eigenvalue weighted by molar-refractivity contribution is 8.00. The van der Waals surface area contributed by atoms with E-state index in [4.69, 9.17) is 16.3 Å². The molecule has 2 saturated heterocycles. The summed E-state index contributed by atoms with van der Waals surface area (Å²) in [5.74, 6) is 2.15. The number of guanidine groups is 1. The summed E-state index contributed by atoms with van der Waals surface area (Å²) in [6, 6.07) is 8.11. The van der Waals surface area contributed by atoms with E-state index < -0.39 is 0 Å². The summed E-state index contributed by atoms with van der Waals surface area (Å²) in [5, 5.41) is 4.45. The maximum Gasteiger partial charge on any atom is 0.193 e. The summed E-state index contributed by atoms with van der Waals surface area (Å²) >= 11 is 8.20. The van der Waals surface area contributed by atoms with Gasteiger partial charge in [-0.3, -0.25) is 4.99 Å². The summed E-state index contributed by atoms with van der Waals surface area (Å²) in [6.07, 6.45) is 2.22. The van der Waals surface area contributed by atoms with Gasteiger partial charge >= 0.3 is 0 Å². The third-order valence-electron chi connectivity index (χ3n) is 5.39. The van der Waals surface area contributed by atoms with Crippen LogP contribution in [-0.2, 0) is 4.74 Å². The van der Waals surface area contributed by atoms with Crippen molar-refractivity contribution in [1.29, 1.82) is 0 Å². The fourth-order valence-electron chi connectivity index (χ4n) is 3.84. The fraction of sp³-hybridized carbons (Fsp3) is 0.650. The van der Waals surface area contributed by atoms with Gasteiger partial charge in [0.1, 0.15) is 0 Å². The lowest BCUT2D eigenvalue weighted by molar-refractivity contribution is 0.0780. The zero-order chi connectivity index (χ0) is 19.1. The third kappa shape index (κ3) is 5.46. The first-order valence-electron chi connectivity index (χ1n) is 9.83. The van der Waals surface area contributed by atoms with E-state index >= 15 is 0 Å². The number of nitrogens with zero attached hydrogens (tertiary/aromatic N) is 3. The minimum atomic E-state index is 0.269. The number of hydrogen-bond donors (Lipinski definition) is 1. The van der Waals surface area contributed by atoms with Crippen molar-refractivity contribution >= 4 is 35.0 Å². The number of aliphatic imine (C=N–C) groups is 1. The van der Waals surface area contributed by atoms with Gasteiger partial charge in [-0.15, -0.1) is 0 Å². The van der Waals surface area contributed by atoms with Crippen molar-refractivity contribution in [2.45, 2.75) is 24.5 Å². The van der Waals surface area contributed by atoms with E-state index in [2.05, 4.69) is 44.9 Å². The molecule has 27 heavy (non-hydrogen) atoms. The van der Waals surface area contributed by atoms with Gasteiger partial charge in [0.25, 0.3) is 0 Å². The first-order valence-corrected chi connectivity index (χ1v) is 11.2. The maximum atomic E-state index is 6.14. The molecule has 2 aliphatic rings. The van der Waals surface area contributed by atoms with E-state index in [0.29, 0.717) is 0 Å². The Bertz CT molecular complexity index is 623. The molecule has 0 saturated carbocycles. The van der Waals surface area contributed by atoms with Crippen molar-refractivity contribution in [3.8, 4) is 0 Å². The first-order chi connectivity index (χ1) is 13.2. The molecule has 150 valence electrons. The Kier molecular flexibility index (Phi) is 7.56. The summed E-state index contributed by atoms with van der Waals surface area (Å²) < 4.78 is 5.86. The van der Waals surface area contributed by atoms with Crippen LogP contribution in [0.25, 0.3) is 0 Å². The number of hydrogen-bond acceptors (Lipinski definition) is 4. The molecule has 0 amide bonds. The molecule has 5 nitrogen and oxygen atoms in total. The standard InChI is InChI=1S/C20H31ClN4OS/c1-3-27-20(7-13-26-14-8-20)16-23-19(22-2)25-11-9-24(10-12-25)18-6-4-5-17(21)15-18/h4-6,15H,3,7-14,16H2,1-2H3,(H,22,23). The first kappa shape index (κ1) is 20.6. The Morgan fingerprint density at radius 2 is 2.00 bits per heavy atom. The molecule has 2 heterocycles. The van der Waals surface area contributed by atoms with E-state index in [1.165, 1.54) is 5.69 Å². The highest BCUT2D eigenvalue weighted by Gasteiger charge is 2.33. The van der Waals surface area contributed by atoms with Crippen molar-refractivity contribution < 1.29 is 4.74 Å². The molecule has 2 fully saturated rings. The Labute approximate surface area is 172 Å². The summed E-state index contributed by atoms with van der Waals surface area (Å²) in [6.45, 7) is 8.80. The molecule has 1 aromatic carbocycles. The van der Waals surface area contributed by atoms with Gasteiger partial charge in [-0.1, -0.05) is 24.6 Å². The number of anilines is 1. The van der Waals surface area contributed by atoms with E-state index in [-0.39, 0.29) is 4.75 Å². The molecule has 0 atom stereocenters. The zero-order valence-corrected chi connectivity index (χ0v) is 18.0. The van der Waals surface area contributed by atoms with Crippen molar-refractivity contribution in [3.05, 3.63) is 29.3 Å². The molecule has 2 aliphatic heterocycles. The molecular weight excluding hydrogens is 380 g/mol. The van der Waals surface area contributed by atoms with Gasteiger partial charge in [0, 0.05) is 68.4 Å². The van der Waals surface area contributed by atoms with Gasteiger partial charge in [-0.05, 0) is 36.8 Å². The second-order valence-electron chi connectivity index (χ2n) is 7.08. The average molecular weight is 411 g/mol. The highest BCUT2D eigenvalue weighted by atomic mass is 35.5. The van der Waals surface area contributed by atoms with Crippen LogP contribution in [-0.4, -0.2) is 74.3 Å². The second kappa shape index (κ2) is 9.89. The third-order valence-corrected chi connectivity index (χ3v) is 7.08. The predicted octanol–water partition coefficient (Wildman–Crippen LogP) is 3.34. The second-order valence-corrected chi connectivity index (χ2v) is 9.25. The number of ether oxygens (including phenoxy) is 1. The van der Waals surface area contributed by atoms with Gasteiger partial charge in [-0.2, -0.15) is 11.8 Å². The minimum absolute atomic E-state index is 0.269. The van der Waals surface area contributed by atoms with Gasteiger partial charge < -0.3 is 19.9 Å². The smallest absolute Gasteiger partial charge is 0.193 e. The van der Waals surface area contributed by atoms with Gasteiger partial charge in [-0.25, -0.2) is 0 Å². The topological polar surface area (TPSA) is 40.1 Å². The molecule has 3 rings (SSSR count). The van der Waals surface area contributed by atoms with Crippen LogP contribution < -0.4 is 10.2 Å². The van der Waals surface area contributed by atoms with Crippen molar-refractivity contribution in [1.82, 2.24) is 10.2 Å². The van der Waals surface area contributed by atoms with Crippen molar-refractivity contribution in [2.24, 2.45) is 4.99 Å². The van der Waals surface area contributed by atoms with E-state index in [1.807, 2.05) is 25.2 Å². The predicted molar refractivity (Wildman–Crippen MR) is 118 cm³/mol. The lowest BCUT2D eigenvalue weighted by Crippen LogP contribution is -2.55. The lowest BCUT2D eigenvalue weighted by atomic mass is 9.99. The molecule has 1 aromatic rings. The number of halogens is 1. The Morgan fingerprint density at radius 3 is 2.63 bits per heavy atom. The number of benzene rings is 1. The molecular formula is C20H31ClN4OS. The fourth-order valence-corrected chi connectivity index (χ4v) is 5.27. The van der Waals surface area contributed by atoms with E-state index in [0.717, 1.165) is 75.5 Å². The zero-order valence-electron chi connectivity index (χ0n) is 16.4. The van der Waals surface area contributed by atoms with Crippen molar-refractivity contribution in [2.75, 3.05) is 63.6 Å². The van der Waals surface area contributed by atoms with Crippen LogP contribution in [0.4, 0.5) is 5.69 Å². The van der Waals surface area contributed by atoms with Gasteiger partial charge in [0.05, 0.1) is 0 Å². The van der Waals surface area contributed by atoms with Crippen LogP contribution >= 0.6 is 23.4 Å². The average Bonchev–Trinajstić information content (AvgIpc) is 2.70. The van der Waals surface area contributed by atoms with Crippen LogP contribution in [0.1, 0.15) is 19.8 Å². The Balaban J connectivity index is 1.54. The van der Waals surface area contributed by atoms with Crippen LogP contribution in [0.2, 0.25) is 5.02 Å². The van der Waals surface area contributed by atoms with Crippen LogP contribution in [0.5, 0.6) is 0 Å². The summed E-state index contributed by atoms with van der Waals surface area (Å²) in [7, 11) is 1.88. The lowest BCUT2D eigenvalue weighted by Gasteiger charge is -2.40. The number of nitrogens with one attached hydrogen (secondary N) is 1. The molecule has 0 radical (unpaired) electrons. The summed E-state index contributed by atoms with van der Waals surface area (Å²) in [4.78, 5) is 9.31. The minimum Gasteiger partial charge on any atom is -0.381 e. The molecule has 7 heteroatoms. The Hall–Kier alpha value is -1.11. The molecule has 0 aliphatic carbocycles. The van der Waals surface area contributed by atoms with E-state index in [9.17, 15) is 0 Å². The monoisotopic (exact) mass is 410 g/mol. The number of thioether (sulfide) groups is 1. The molecule has 0 bridgehead atoms. The molecule has 0 spiro atoms. The number of piperazine rings is 1. The van der Waals surface area contributed by atoms with Crippen LogP contribution in [0.3, 0.4) is 0 Å². The number of rotatable bonds is 5. The SMILES string of the molecule is CCSC1(CNC(=NC)N2CCN(c3cccc(Cl)c3)CC2)CCOCC1. The maximum absolute atomic E-state index is 6.14. The van der Waals surface area contributed by atoms with Crippen molar-refractivity contribution in [3.63, 3.8) is 0 Å². The van der Waals surface area contributed by atoms with Gasteiger partial charge in [0.15, 0.2) is 5.96 Å². The largest absolute Gasteiger partial charge is 0.381 e. The van der Waals surface area contributed by atoms with Crippen LogP contribution in [0.15, 0.2) is 29.3 Å². The van der Waals surface area contributed by atoms with E-state index in [1.54, 1.807) is 0 Å². The van der Waals surface area contributed by atoms with Crippen LogP contribution in [0, 0.1) is 0 Å². The molecule has 0 unspecified atom stereocenters. The molecule has 1 N–H and O–H groups in total. The Morgan fingerprint density at radius 1 is 1.26 bits per heavy atom. The quantitative estimate of drug-likeness (QED) is 0.595. The normalized spacial score (nSPS) is 20.6. The molecule has 0 aromatic heterocycles.